The van der Waals surface area contributed by atoms with Gasteiger partial charge in [-0.3, -0.25) is 29.5 Å². The average molecular weight is 864 g/mol. The molecule has 0 bridgehead atoms. The van der Waals surface area contributed by atoms with Gasteiger partial charge < -0.3 is 30.0 Å². The maximum Gasteiger partial charge on any atom is 0.322 e. The summed E-state index contributed by atoms with van der Waals surface area (Å²) < 4.78 is 11.9. The Morgan fingerprint density at radius 2 is 1.18 bits per heavy atom. The monoisotopic (exact) mass is 863 g/mol. The molecule has 322 valence electrons. The third-order valence-electron chi connectivity index (χ3n) is 9.53. The Labute approximate surface area is 373 Å². The van der Waals surface area contributed by atoms with Gasteiger partial charge in [0.2, 0.25) is 0 Å². The van der Waals surface area contributed by atoms with Gasteiger partial charge in [-0.2, -0.15) is 9.97 Å². The first kappa shape index (κ1) is 42.8. The number of nitrogens with zero attached hydrogens (tertiary/aromatic N) is 10. The molecule has 65 heavy (non-hydrogen) atoms. The van der Waals surface area contributed by atoms with E-state index >= 15 is 0 Å². The topological polar surface area (TPSA) is 212 Å². The smallest absolute Gasteiger partial charge is 0.322 e. The number of amides is 2. The molecular weight excluding hydrogens is 823 g/mol. The molecule has 0 radical (unpaired) electrons. The molecule has 17 heteroatoms. The van der Waals surface area contributed by atoms with Gasteiger partial charge in [-0.25, -0.2) is 15.0 Å². The molecule has 0 aliphatic heterocycles. The first-order chi connectivity index (χ1) is 31.6. The number of anilines is 2. The molecular formula is C48H41N13O4. The van der Waals surface area contributed by atoms with Gasteiger partial charge in [0, 0.05) is 90.8 Å². The number of hydrogen-bond donors (Lipinski definition) is 3. The Bertz CT molecular complexity index is 3080. The maximum absolute atomic E-state index is 12.6. The van der Waals surface area contributed by atoms with E-state index in [2.05, 4.69) is 60.5 Å². The van der Waals surface area contributed by atoms with Crippen LogP contribution >= 0.6 is 0 Å². The van der Waals surface area contributed by atoms with E-state index in [0.717, 1.165) is 34.4 Å². The zero-order valence-corrected chi connectivity index (χ0v) is 35.7. The summed E-state index contributed by atoms with van der Waals surface area (Å²) in [7, 11) is 3.97. The Morgan fingerprint density at radius 1 is 0.600 bits per heavy atom. The van der Waals surface area contributed by atoms with Crippen LogP contribution in [0.5, 0.6) is 23.5 Å². The van der Waals surface area contributed by atoms with Gasteiger partial charge in [-0.1, -0.05) is 18.2 Å². The summed E-state index contributed by atoms with van der Waals surface area (Å²) >= 11 is 0. The van der Waals surface area contributed by atoms with Crippen molar-refractivity contribution in [1.29, 1.82) is 0 Å². The number of aromatic nitrogens is 10. The lowest BCUT2D eigenvalue weighted by Gasteiger charge is -2.12. The van der Waals surface area contributed by atoms with Crippen LogP contribution in [0.1, 0.15) is 37.7 Å². The molecule has 3 N–H and O–H groups in total. The fourth-order valence-electron chi connectivity index (χ4n) is 6.25. The number of carbonyl (C=O) groups excluding carboxylic acids is 2. The van der Waals surface area contributed by atoms with Crippen molar-refractivity contribution in [3.05, 3.63) is 175 Å². The average Bonchev–Trinajstić information content (AvgIpc) is 3.81. The number of benzene rings is 2. The first-order valence-electron chi connectivity index (χ1n) is 20.2. The van der Waals surface area contributed by atoms with Gasteiger partial charge in [0.05, 0.1) is 17.6 Å². The van der Waals surface area contributed by atoms with Crippen LogP contribution in [0, 0.1) is 13.8 Å². The van der Waals surface area contributed by atoms with E-state index in [9.17, 15) is 9.59 Å². The number of fused-ring (bicyclic) bond motifs is 1. The highest BCUT2D eigenvalue weighted by Crippen LogP contribution is 2.29. The van der Waals surface area contributed by atoms with Crippen LogP contribution in [0.4, 0.5) is 11.4 Å². The zero-order chi connectivity index (χ0) is 45.1. The summed E-state index contributed by atoms with van der Waals surface area (Å²) in [5, 5.41) is 5.69. The van der Waals surface area contributed by atoms with E-state index in [1.807, 2.05) is 81.4 Å². The van der Waals surface area contributed by atoms with Gasteiger partial charge >= 0.3 is 12.0 Å². The van der Waals surface area contributed by atoms with Crippen molar-refractivity contribution in [3.8, 4) is 46.0 Å². The van der Waals surface area contributed by atoms with Crippen LogP contribution in [0.25, 0.3) is 33.7 Å². The van der Waals surface area contributed by atoms with Gasteiger partial charge in [0.1, 0.15) is 28.4 Å². The maximum atomic E-state index is 12.6. The normalized spacial score (nSPS) is 10.8. The summed E-state index contributed by atoms with van der Waals surface area (Å²) in [5.74, 6) is 0.400. The first-order valence-corrected chi connectivity index (χ1v) is 20.2. The molecule has 9 aromatic rings. The highest BCUT2D eigenvalue weighted by atomic mass is 16.5. The largest absolute Gasteiger partial charge is 0.424 e. The molecule has 0 saturated heterocycles. The highest BCUT2D eigenvalue weighted by Gasteiger charge is 2.15. The van der Waals surface area contributed by atoms with Crippen LogP contribution in [0.3, 0.4) is 0 Å². The van der Waals surface area contributed by atoms with Crippen molar-refractivity contribution < 1.29 is 19.1 Å². The molecule has 0 fully saturated rings. The predicted molar refractivity (Wildman–Crippen MR) is 244 cm³/mol. The number of aryl methyl sites for hydroxylation is 2. The Balaban J connectivity index is 0.000000177. The Kier molecular flexibility index (Phi) is 13.1. The molecule has 2 aromatic carbocycles. The lowest BCUT2D eigenvalue weighted by atomic mass is 10.2. The molecule has 0 saturated carbocycles. The van der Waals surface area contributed by atoms with Crippen molar-refractivity contribution in [2.45, 2.75) is 20.4 Å². The van der Waals surface area contributed by atoms with Crippen LogP contribution in [-0.2, 0) is 6.54 Å². The number of carbonyl (C=O) groups is 2. The summed E-state index contributed by atoms with van der Waals surface area (Å²) in [5.41, 5.74) is 8.85. The number of H-pyrrole nitrogens is 1. The number of aromatic amines is 1. The lowest BCUT2D eigenvalue weighted by Crippen LogP contribution is -2.15. The molecule has 0 aliphatic rings. The third-order valence-corrected chi connectivity index (χ3v) is 9.53. The molecule has 17 nitrogen and oxygen atoms in total. The third kappa shape index (κ3) is 11.2. The second kappa shape index (κ2) is 19.9. The Morgan fingerprint density at radius 3 is 1.71 bits per heavy atom. The number of hydrogen-bond acceptors (Lipinski definition) is 14. The molecule has 7 heterocycles. The molecule has 7 aromatic heterocycles. The minimum Gasteiger partial charge on any atom is -0.424 e. The lowest BCUT2D eigenvalue weighted by molar-refractivity contribution is 0.101. The van der Waals surface area contributed by atoms with E-state index in [0.29, 0.717) is 51.1 Å². The van der Waals surface area contributed by atoms with Crippen molar-refractivity contribution in [1.82, 2.24) is 54.7 Å². The highest BCUT2D eigenvalue weighted by molar-refractivity contribution is 6.04. The molecule has 0 unspecified atom stereocenters. The summed E-state index contributed by atoms with van der Waals surface area (Å²) in [6.45, 7) is 4.57. The van der Waals surface area contributed by atoms with Gasteiger partial charge in [-0.05, 0) is 105 Å². The number of rotatable bonds is 12. The molecule has 9 rings (SSSR count). The van der Waals surface area contributed by atoms with Gasteiger partial charge in [0.25, 0.3) is 11.8 Å². The number of ether oxygens (including phenoxy) is 2. The number of nitrogens with one attached hydrogen (secondary N) is 3. The summed E-state index contributed by atoms with van der Waals surface area (Å²) in [4.78, 5) is 68.6. The minimum absolute atomic E-state index is 0.195. The van der Waals surface area contributed by atoms with Crippen molar-refractivity contribution in [3.63, 3.8) is 0 Å². The summed E-state index contributed by atoms with van der Waals surface area (Å²) in [6.07, 6.45) is 15.0. The van der Waals surface area contributed by atoms with Crippen molar-refractivity contribution in [2.75, 3.05) is 24.7 Å². The van der Waals surface area contributed by atoms with E-state index in [-0.39, 0.29) is 29.5 Å². The van der Waals surface area contributed by atoms with Crippen LogP contribution in [0.15, 0.2) is 147 Å². The Hall–Kier alpha value is -8.83. The van der Waals surface area contributed by atoms with E-state index in [1.54, 1.807) is 92.0 Å². The van der Waals surface area contributed by atoms with Crippen LogP contribution < -0.4 is 20.1 Å². The van der Waals surface area contributed by atoms with Crippen molar-refractivity contribution in [2.24, 2.45) is 0 Å². The minimum atomic E-state index is -0.376. The fraction of sp³-hybridized carbons (Fsp3) is 0.104. The molecule has 0 atom stereocenters. The van der Waals surface area contributed by atoms with E-state index in [4.69, 9.17) is 9.47 Å². The molecule has 2 amide bonds. The SMILES string of the molecule is Cc1ccc(NC(=O)c2ccc(CN(C)C)cn2)cc1Oc1nccc(-c2cccnc2)n1.Cc1ccc(NC(=O)c2cnc3cc[nH]c3n2)cc1Oc1nccc(-c2cccnc2)n1. The molecule has 0 aliphatic carbocycles. The van der Waals surface area contributed by atoms with E-state index in [1.165, 1.54) is 6.20 Å². The van der Waals surface area contributed by atoms with Crippen LogP contribution in [0.2, 0.25) is 0 Å². The second-order valence-corrected chi connectivity index (χ2v) is 14.8. The second-order valence-electron chi connectivity index (χ2n) is 14.8. The fourth-order valence-corrected chi connectivity index (χ4v) is 6.25. The zero-order valence-electron chi connectivity index (χ0n) is 35.7. The summed E-state index contributed by atoms with van der Waals surface area (Å²) in [6, 6.07) is 27.7. The number of pyridine rings is 3. The van der Waals surface area contributed by atoms with Crippen LogP contribution in [-0.4, -0.2) is 80.6 Å². The standard InChI is InChI=1S/C25H24N6O2.C23H17N7O2/c1-17-6-8-20(29-24(32)22-9-7-18(14-28-22)16-31(2)3)13-23(17)33-25-27-12-10-21(30-25)19-5-4-11-26-15-19;1-14-4-5-16(28-22(31)19-13-27-18-7-9-25-21(18)29-19)11-20(14)32-23-26-10-6-17(30-23)15-3-2-8-24-12-15/h4-15H,16H2,1-3H3,(H,29,32);2-13H,1H3,(H,25,29)(H,28,31). The van der Waals surface area contributed by atoms with Crippen molar-refractivity contribution >= 4 is 34.4 Å². The van der Waals surface area contributed by atoms with Gasteiger partial charge in [0.15, 0.2) is 5.65 Å². The molecule has 0 spiro atoms. The van der Waals surface area contributed by atoms with E-state index < -0.39 is 0 Å². The van der Waals surface area contributed by atoms with Gasteiger partial charge in [-0.15, -0.1) is 0 Å². The predicted octanol–water partition coefficient (Wildman–Crippen LogP) is 8.51. The quantitative estimate of drug-likeness (QED) is 0.105.